The minimum Gasteiger partial charge on any atom is -0.378 e. The number of nitrogens with one attached hydrogen (secondary N) is 1. The zero-order chi connectivity index (χ0) is 15.4. The van der Waals surface area contributed by atoms with Gasteiger partial charge >= 0.3 is 0 Å². The Morgan fingerprint density at radius 2 is 2.10 bits per heavy atom. The third-order valence-electron chi connectivity index (χ3n) is 6.67. The van der Waals surface area contributed by atoms with Crippen molar-refractivity contribution in [3.63, 3.8) is 0 Å². The van der Waals surface area contributed by atoms with Crippen LogP contribution in [0, 0.1) is 28.6 Å². The van der Waals surface area contributed by atoms with Crippen molar-refractivity contribution in [2.45, 2.75) is 72.4 Å². The lowest BCUT2D eigenvalue weighted by Crippen LogP contribution is -2.60. The fraction of sp³-hybridized carbons (Fsp3) is 0.944. The molecule has 1 unspecified atom stereocenters. The van der Waals surface area contributed by atoms with E-state index in [1.807, 2.05) is 0 Å². The fourth-order valence-electron chi connectivity index (χ4n) is 5.81. The van der Waals surface area contributed by atoms with Crippen molar-refractivity contribution in [3.05, 3.63) is 0 Å². The molecule has 21 heavy (non-hydrogen) atoms. The highest BCUT2D eigenvalue weighted by atomic mass is 16.5. The smallest absolute Gasteiger partial charge is 0.217 e. The Morgan fingerprint density at radius 1 is 1.38 bits per heavy atom. The molecular weight excluding hydrogens is 262 g/mol. The molecule has 1 N–H and O–H groups in total. The number of carbonyl (C=O) groups excluding carboxylic acids is 1. The molecule has 0 aromatic rings. The molecule has 3 fully saturated rings. The summed E-state index contributed by atoms with van der Waals surface area (Å²) in [4.78, 5) is 11.8. The van der Waals surface area contributed by atoms with Crippen LogP contribution in [0.1, 0.15) is 60.3 Å². The first-order valence-corrected chi connectivity index (χ1v) is 8.66. The average Bonchev–Trinajstić information content (AvgIpc) is 2.83. The molecule has 2 bridgehead atoms. The van der Waals surface area contributed by atoms with E-state index in [-0.39, 0.29) is 16.7 Å². The van der Waals surface area contributed by atoms with Gasteiger partial charge in [0.1, 0.15) is 0 Å². The summed E-state index contributed by atoms with van der Waals surface area (Å²) in [5.74, 6) is 2.18. The Hall–Kier alpha value is -0.570. The van der Waals surface area contributed by atoms with Gasteiger partial charge in [-0.1, -0.05) is 27.7 Å². The van der Waals surface area contributed by atoms with Crippen LogP contribution in [0.4, 0.5) is 0 Å². The minimum atomic E-state index is 0.126. The van der Waals surface area contributed by atoms with Crippen LogP contribution in [0.3, 0.4) is 0 Å². The topological polar surface area (TPSA) is 38.3 Å². The molecule has 0 aromatic heterocycles. The average molecular weight is 293 g/mol. The van der Waals surface area contributed by atoms with Gasteiger partial charge in [0.2, 0.25) is 5.91 Å². The van der Waals surface area contributed by atoms with Crippen LogP contribution in [-0.4, -0.2) is 24.7 Å². The van der Waals surface area contributed by atoms with Crippen LogP contribution in [0.25, 0.3) is 0 Å². The lowest BCUT2D eigenvalue weighted by Gasteiger charge is -2.53. The van der Waals surface area contributed by atoms with Gasteiger partial charge in [-0.3, -0.25) is 4.79 Å². The molecule has 1 aliphatic heterocycles. The van der Waals surface area contributed by atoms with Gasteiger partial charge in [0.25, 0.3) is 0 Å². The maximum Gasteiger partial charge on any atom is 0.217 e. The summed E-state index contributed by atoms with van der Waals surface area (Å²) in [6.07, 6.45) is 5.26. The van der Waals surface area contributed by atoms with Crippen LogP contribution >= 0.6 is 0 Å². The number of fused-ring (bicyclic) bond motifs is 1. The highest BCUT2D eigenvalue weighted by Gasteiger charge is 2.68. The van der Waals surface area contributed by atoms with Crippen LogP contribution in [0.15, 0.2) is 0 Å². The van der Waals surface area contributed by atoms with E-state index in [1.165, 1.54) is 12.8 Å². The second kappa shape index (κ2) is 4.97. The molecule has 120 valence electrons. The van der Waals surface area contributed by atoms with Crippen LogP contribution in [-0.2, 0) is 9.53 Å². The van der Waals surface area contributed by atoms with Crippen molar-refractivity contribution in [2.24, 2.45) is 28.6 Å². The molecule has 3 rings (SSSR count). The molecule has 3 nitrogen and oxygen atoms in total. The molecular formula is C18H31NO2. The maximum atomic E-state index is 11.8. The highest BCUT2D eigenvalue weighted by molar-refractivity contribution is 5.73. The number of rotatable bonds is 3. The first kappa shape index (κ1) is 15.3. The van der Waals surface area contributed by atoms with E-state index in [0.717, 1.165) is 25.4 Å². The van der Waals surface area contributed by atoms with Crippen molar-refractivity contribution in [2.75, 3.05) is 6.61 Å². The van der Waals surface area contributed by atoms with Crippen molar-refractivity contribution in [1.82, 2.24) is 5.32 Å². The van der Waals surface area contributed by atoms with Gasteiger partial charge in [-0.2, -0.15) is 0 Å². The van der Waals surface area contributed by atoms with E-state index in [1.54, 1.807) is 6.92 Å². The summed E-state index contributed by atoms with van der Waals surface area (Å²) in [5, 5.41) is 3.33. The zero-order valence-corrected chi connectivity index (χ0v) is 14.2. The van der Waals surface area contributed by atoms with Crippen molar-refractivity contribution in [3.8, 4) is 0 Å². The highest BCUT2D eigenvalue weighted by Crippen LogP contribution is 2.68. The number of carbonyl (C=O) groups is 1. The Balaban J connectivity index is 1.90. The third kappa shape index (κ3) is 2.23. The molecule has 0 radical (unpaired) electrons. The number of hydrogen-bond acceptors (Lipinski definition) is 2. The summed E-state index contributed by atoms with van der Waals surface area (Å²) in [5.41, 5.74) is 0.513. The number of hydrogen-bond donors (Lipinski definition) is 1. The predicted octanol–water partition coefficient (Wildman–Crippen LogP) is 3.38. The van der Waals surface area contributed by atoms with E-state index >= 15 is 0 Å². The Kier molecular flexibility index (Phi) is 3.63. The normalized spacial score (nSPS) is 43.9. The Labute approximate surface area is 129 Å². The second-order valence-corrected chi connectivity index (χ2v) is 8.72. The first-order valence-electron chi connectivity index (χ1n) is 8.66. The molecule has 1 heterocycles. The fourth-order valence-corrected chi connectivity index (χ4v) is 5.81. The van der Waals surface area contributed by atoms with E-state index < -0.39 is 0 Å². The zero-order valence-electron chi connectivity index (χ0n) is 14.2. The van der Waals surface area contributed by atoms with Gasteiger partial charge < -0.3 is 10.1 Å². The molecule has 1 spiro atoms. The molecule has 3 aliphatic rings. The maximum absolute atomic E-state index is 11.8. The third-order valence-corrected chi connectivity index (χ3v) is 6.67. The summed E-state index contributed by atoms with van der Waals surface area (Å²) in [7, 11) is 0. The summed E-state index contributed by atoms with van der Waals surface area (Å²) in [6.45, 7) is 11.8. The van der Waals surface area contributed by atoms with Gasteiger partial charge in [0.15, 0.2) is 0 Å². The van der Waals surface area contributed by atoms with Gasteiger partial charge in [-0.15, -0.1) is 0 Å². The quantitative estimate of drug-likeness (QED) is 0.866. The summed E-state index contributed by atoms with van der Waals surface area (Å²) < 4.78 is 6.16. The SMILES string of the molecule is CC(=O)N[C@@H]1C(C)(C)[C@@H]2C[C@@H]3[C@@H](CC(C)C)OCCC31C2. The molecule has 1 amide bonds. The Bertz CT molecular complexity index is 431. The molecule has 2 saturated carbocycles. The summed E-state index contributed by atoms with van der Waals surface area (Å²) in [6, 6.07) is 0.324. The molecule has 3 heteroatoms. The monoisotopic (exact) mass is 293 g/mol. The van der Waals surface area contributed by atoms with Crippen LogP contribution in [0.5, 0.6) is 0 Å². The standard InChI is InChI=1S/C18H31NO2/c1-11(2)8-15-14-9-13-10-18(14,6-7-21-15)16(17(13,4)5)19-12(3)20/h11,13-16H,6-10H2,1-5H3,(H,19,20)/t13-,14-,15-,16-,18?/m1/s1. The molecule has 2 aliphatic carbocycles. The van der Waals surface area contributed by atoms with Crippen molar-refractivity contribution >= 4 is 5.91 Å². The number of amides is 1. The van der Waals surface area contributed by atoms with Gasteiger partial charge in [-0.25, -0.2) is 0 Å². The van der Waals surface area contributed by atoms with Crippen LogP contribution in [0.2, 0.25) is 0 Å². The van der Waals surface area contributed by atoms with E-state index in [2.05, 4.69) is 33.0 Å². The first-order chi connectivity index (χ1) is 9.77. The van der Waals surface area contributed by atoms with Crippen molar-refractivity contribution in [1.29, 1.82) is 0 Å². The Morgan fingerprint density at radius 3 is 2.71 bits per heavy atom. The number of ether oxygens (including phenoxy) is 1. The van der Waals surface area contributed by atoms with E-state index in [4.69, 9.17) is 4.74 Å². The molecule has 1 saturated heterocycles. The minimum absolute atomic E-state index is 0.126. The van der Waals surface area contributed by atoms with Gasteiger partial charge in [0.05, 0.1) is 6.10 Å². The van der Waals surface area contributed by atoms with Gasteiger partial charge in [-0.05, 0) is 54.3 Å². The van der Waals surface area contributed by atoms with Crippen LogP contribution < -0.4 is 5.32 Å². The van der Waals surface area contributed by atoms with Gasteiger partial charge in [0, 0.05) is 19.6 Å². The van der Waals surface area contributed by atoms with E-state index in [9.17, 15) is 4.79 Å². The largest absolute Gasteiger partial charge is 0.378 e. The molecule has 5 atom stereocenters. The summed E-state index contributed by atoms with van der Waals surface area (Å²) >= 11 is 0. The second-order valence-electron chi connectivity index (χ2n) is 8.72. The predicted molar refractivity (Wildman–Crippen MR) is 83.8 cm³/mol. The molecule has 0 aromatic carbocycles. The van der Waals surface area contributed by atoms with Crippen molar-refractivity contribution < 1.29 is 9.53 Å². The lowest BCUT2D eigenvalue weighted by atomic mass is 9.59. The lowest BCUT2D eigenvalue weighted by molar-refractivity contribution is -0.137. The van der Waals surface area contributed by atoms with E-state index in [0.29, 0.717) is 24.0 Å².